The lowest BCUT2D eigenvalue weighted by molar-refractivity contribution is -0.268. The van der Waals surface area contributed by atoms with Crippen LogP contribution in [0.5, 0.6) is 23.0 Å². The molecule has 0 saturated carbocycles. The highest BCUT2D eigenvalue weighted by atomic mass is 16.7. The number of phenols is 2. The van der Waals surface area contributed by atoms with Gasteiger partial charge in [-0.1, -0.05) is 0 Å². The third-order valence-corrected chi connectivity index (χ3v) is 5.14. The van der Waals surface area contributed by atoms with Gasteiger partial charge in [-0.25, -0.2) is 0 Å². The number of aliphatic hydroxyl groups excluding tert-OH is 3. The van der Waals surface area contributed by atoms with Gasteiger partial charge in [0.2, 0.25) is 17.5 Å². The number of benzene rings is 2. The summed E-state index contributed by atoms with van der Waals surface area (Å²) in [5, 5.41) is 59.3. The van der Waals surface area contributed by atoms with Crippen molar-refractivity contribution < 1.29 is 44.5 Å². The standard InChI is InChI=1S/C21H20O10/c1-8-15(24)17(26)19(28)21(29-8)30-10-3-4-11-14(7-10)31-20(18(27)16(11)25)9-2-5-12(22)13(23)6-9/h2-8,15,17,19,21-24,26-28H,1H3. The minimum Gasteiger partial charge on any atom is -0.504 e. The van der Waals surface area contributed by atoms with Crippen LogP contribution in [0.1, 0.15) is 6.92 Å². The molecule has 1 aliphatic rings. The number of hydrogen-bond acceptors (Lipinski definition) is 10. The summed E-state index contributed by atoms with van der Waals surface area (Å²) in [4.78, 5) is 12.6. The quantitative estimate of drug-likeness (QED) is 0.325. The van der Waals surface area contributed by atoms with Gasteiger partial charge in [0.25, 0.3) is 0 Å². The van der Waals surface area contributed by atoms with Crippen molar-refractivity contribution in [3.8, 4) is 34.3 Å². The third kappa shape index (κ3) is 3.66. The number of phenolic OH excluding ortho intramolecular Hbond substituents is 2. The van der Waals surface area contributed by atoms with Crippen LogP contribution in [0.4, 0.5) is 0 Å². The van der Waals surface area contributed by atoms with Gasteiger partial charge in [0.1, 0.15) is 29.6 Å². The van der Waals surface area contributed by atoms with Crippen LogP contribution >= 0.6 is 0 Å². The molecule has 1 saturated heterocycles. The lowest BCUT2D eigenvalue weighted by Gasteiger charge is -2.38. The van der Waals surface area contributed by atoms with Crippen LogP contribution in [0.3, 0.4) is 0 Å². The molecule has 0 aliphatic carbocycles. The Hall–Kier alpha value is -3.31. The summed E-state index contributed by atoms with van der Waals surface area (Å²) < 4.78 is 16.6. The van der Waals surface area contributed by atoms with E-state index in [9.17, 15) is 35.4 Å². The molecule has 0 bridgehead atoms. The van der Waals surface area contributed by atoms with Crippen molar-refractivity contribution in [2.75, 3.05) is 0 Å². The van der Waals surface area contributed by atoms with E-state index < -0.39 is 47.6 Å². The molecule has 1 aromatic heterocycles. The van der Waals surface area contributed by atoms with Crippen LogP contribution in [0.15, 0.2) is 45.6 Å². The van der Waals surface area contributed by atoms with E-state index in [4.69, 9.17) is 13.9 Å². The Bertz CT molecular complexity index is 1190. The second-order valence-corrected chi connectivity index (χ2v) is 7.27. The highest BCUT2D eigenvalue weighted by molar-refractivity contribution is 5.83. The number of ether oxygens (including phenoxy) is 2. The Kier molecular flexibility index (Phi) is 5.23. The number of rotatable bonds is 3. The van der Waals surface area contributed by atoms with E-state index in [-0.39, 0.29) is 33.8 Å². The second kappa shape index (κ2) is 7.75. The first-order chi connectivity index (χ1) is 14.7. The van der Waals surface area contributed by atoms with E-state index in [2.05, 4.69) is 0 Å². The highest BCUT2D eigenvalue weighted by Gasteiger charge is 2.43. The first kappa shape index (κ1) is 20.9. The maximum Gasteiger partial charge on any atom is 0.235 e. The number of aromatic hydroxyl groups is 3. The molecular weight excluding hydrogens is 412 g/mol. The molecule has 31 heavy (non-hydrogen) atoms. The van der Waals surface area contributed by atoms with E-state index in [0.29, 0.717) is 0 Å². The summed E-state index contributed by atoms with van der Waals surface area (Å²) in [7, 11) is 0. The predicted octanol–water partition coefficient (Wildman–Crippen LogP) is 0.783. The van der Waals surface area contributed by atoms with E-state index in [1.165, 1.54) is 37.3 Å². The minimum atomic E-state index is -1.52. The molecule has 5 unspecified atom stereocenters. The molecule has 164 valence electrons. The normalized spacial score (nSPS) is 26.1. The molecule has 5 atom stereocenters. The number of aliphatic hydroxyl groups is 3. The van der Waals surface area contributed by atoms with Gasteiger partial charge in [0.15, 0.2) is 17.3 Å². The Labute approximate surface area is 174 Å². The average molecular weight is 432 g/mol. The molecular formula is C21H20O10. The van der Waals surface area contributed by atoms with E-state index in [1.807, 2.05) is 0 Å². The largest absolute Gasteiger partial charge is 0.504 e. The summed E-state index contributed by atoms with van der Waals surface area (Å²) in [5.41, 5.74) is -0.548. The van der Waals surface area contributed by atoms with E-state index in [0.717, 1.165) is 6.07 Å². The van der Waals surface area contributed by atoms with Gasteiger partial charge in [-0.2, -0.15) is 0 Å². The van der Waals surface area contributed by atoms with Crippen LogP contribution < -0.4 is 10.2 Å². The van der Waals surface area contributed by atoms with Gasteiger partial charge in [0, 0.05) is 11.6 Å². The summed E-state index contributed by atoms with van der Waals surface area (Å²) in [6.07, 6.45) is -6.37. The highest BCUT2D eigenvalue weighted by Crippen LogP contribution is 2.36. The van der Waals surface area contributed by atoms with Gasteiger partial charge in [0.05, 0.1) is 11.5 Å². The van der Waals surface area contributed by atoms with Gasteiger partial charge in [-0.05, 0) is 37.3 Å². The molecule has 0 radical (unpaired) electrons. The molecule has 10 nitrogen and oxygen atoms in total. The van der Waals surface area contributed by atoms with Crippen molar-refractivity contribution in [2.24, 2.45) is 0 Å². The molecule has 0 spiro atoms. The first-order valence-electron chi connectivity index (χ1n) is 9.36. The van der Waals surface area contributed by atoms with Gasteiger partial charge in [-0.15, -0.1) is 0 Å². The zero-order valence-electron chi connectivity index (χ0n) is 16.2. The molecule has 2 heterocycles. The van der Waals surface area contributed by atoms with Crippen LogP contribution in [-0.4, -0.2) is 61.3 Å². The molecule has 3 aromatic rings. The second-order valence-electron chi connectivity index (χ2n) is 7.27. The maximum atomic E-state index is 12.6. The van der Waals surface area contributed by atoms with Crippen molar-refractivity contribution in [3.63, 3.8) is 0 Å². The van der Waals surface area contributed by atoms with Crippen molar-refractivity contribution in [1.29, 1.82) is 0 Å². The van der Waals surface area contributed by atoms with E-state index >= 15 is 0 Å². The molecule has 2 aromatic carbocycles. The molecule has 10 heteroatoms. The number of hydrogen-bond donors (Lipinski definition) is 6. The maximum absolute atomic E-state index is 12.6. The molecule has 0 amide bonds. The molecule has 6 N–H and O–H groups in total. The Morgan fingerprint density at radius 2 is 1.65 bits per heavy atom. The molecule has 4 rings (SSSR count). The summed E-state index contributed by atoms with van der Waals surface area (Å²) >= 11 is 0. The average Bonchev–Trinajstić information content (AvgIpc) is 2.75. The fourth-order valence-corrected chi connectivity index (χ4v) is 3.34. The van der Waals surface area contributed by atoms with Crippen molar-refractivity contribution in [3.05, 3.63) is 46.6 Å². The Morgan fingerprint density at radius 3 is 2.35 bits per heavy atom. The zero-order valence-corrected chi connectivity index (χ0v) is 16.2. The van der Waals surface area contributed by atoms with Crippen molar-refractivity contribution in [1.82, 2.24) is 0 Å². The Balaban J connectivity index is 1.72. The predicted molar refractivity (Wildman–Crippen MR) is 106 cm³/mol. The zero-order chi connectivity index (χ0) is 22.4. The van der Waals surface area contributed by atoms with Crippen LogP contribution in [0.25, 0.3) is 22.3 Å². The van der Waals surface area contributed by atoms with Crippen molar-refractivity contribution >= 4 is 11.0 Å². The van der Waals surface area contributed by atoms with Crippen molar-refractivity contribution in [2.45, 2.75) is 37.6 Å². The lowest BCUT2D eigenvalue weighted by atomic mass is 10.00. The van der Waals surface area contributed by atoms with Gasteiger partial charge < -0.3 is 44.5 Å². The monoisotopic (exact) mass is 432 g/mol. The van der Waals surface area contributed by atoms with Crippen LogP contribution in [0, 0.1) is 0 Å². The SMILES string of the molecule is CC1OC(Oc2ccc3c(=O)c(O)c(-c4ccc(O)c(O)c4)oc3c2)C(O)C(O)C1O. The van der Waals surface area contributed by atoms with E-state index in [1.54, 1.807) is 0 Å². The summed E-state index contributed by atoms with van der Waals surface area (Å²) in [5.74, 6) is -1.63. The number of fused-ring (bicyclic) bond motifs is 1. The lowest BCUT2D eigenvalue weighted by Crippen LogP contribution is -2.58. The molecule has 1 aliphatic heterocycles. The summed E-state index contributed by atoms with van der Waals surface area (Å²) in [6.45, 7) is 1.51. The smallest absolute Gasteiger partial charge is 0.235 e. The van der Waals surface area contributed by atoms with Crippen LogP contribution in [0.2, 0.25) is 0 Å². The first-order valence-corrected chi connectivity index (χ1v) is 9.36. The topological polar surface area (TPSA) is 170 Å². The molecule has 1 fully saturated rings. The van der Waals surface area contributed by atoms with Gasteiger partial charge >= 0.3 is 0 Å². The fraction of sp³-hybridized carbons (Fsp3) is 0.286. The third-order valence-electron chi connectivity index (χ3n) is 5.14. The summed E-state index contributed by atoms with van der Waals surface area (Å²) in [6, 6.07) is 7.72. The van der Waals surface area contributed by atoms with Gasteiger partial charge in [-0.3, -0.25) is 4.79 Å². The minimum absolute atomic E-state index is 0.0294. The van der Waals surface area contributed by atoms with Crippen LogP contribution in [-0.2, 0) is 4.74 Å². The fourth-order valence-electron chi connectivity index (χ4n) is 3.34. The Morgan fingerprint density at radius 1 is 0.903 bits per heavy atom.